The molecule has 25 heavy (non-hydrogen) atoms. The number of allylic oxidation sites excluding steroid dienone is 1. The van der Waals surface area contributed by atoms with Crippen LogP contribution in [-0.2, 0) is 14.3 Å². The summed E-state index contributed by atoms with van der Waals surface area (Å²) >= 11 is 0. The van der Waals surface area contributed by atoms with Gasteiger partial charge in [-0.3, -0.25) is 4.79 Å². The number of amides is 1. The van der Waals surface area contributed by atoms with E-state index in [1.807, 2.05) is 0 Å². The Labute approximate surface area is 141 Å². The number of hydrogen-bond donors (Lipinski definition) is 2. The van der Waals surface area contributed by atoms with Crippen molar-refractivity contribution in [3.05, 3.63) is 47.5 Å². The molecule has 9 heteroatoms. The number of carbonyl (C=O) groups is 3. The minimum atomic E-state index is -4.84. The first-order valence-corrected chi connectivity index (χ1v) is 7.18. The molecule has 0 aliphatic carbocycles. The fourth-order valence-corrected chi connectivity index (χ4v) is 1.87. The van der Waals surface area contributed by atoms with Crippen LogP contribution in [0.4, 0.5) is 13.2 Å². The van der Waals surface area contributed by atoms with E-state index in [2.05, 4.69) is 10.1 Å². The quantitative estimate of drug-likeness (QED) is 0.576. The second-order valence-electron chi connectivity index (χ2n) is 4.87. The molecule has 0 aliphatic rings. The molecule has 0 radical (unpaired) electrons. The molecule has 1 unspecified atom stereocenters. The summed E-state index contributed by atoms with van der Waals surface area (Å²) in [5, 5.41) is 11.2. The standard InChI is InChI=1S/C16H16F3NO5/c1-2-25-15(24)11(9-16(17,18)19)8-12(14(22)23)20-13(21)10-6-4-3-5-7-10/h3-7,9,12H,2,8H2,1H3,(H,20,21)(H,22,23)/b11-9-. The van der Waals surface area contributed by atoms with E-state index in [0.29, 0.717) is 0 Å². The fraction of sp³-hybridized carbons (Fsp3) is 0.312. The van der Waals surface area contributed by atoms with Crippen LogP contribution in [0.15, 0.2) is 42.0 Å². The van der Waals surface area contributed by atoms with Gasteiger partial charge in [0.1, 0.15) is 6.04 Å². The third-order valence-corrected chi connectivity index (χ3v) is 2.94. The van der Waals surface area contributed by atoms with Crippen molar-refractivity contribution < 1.29 is 37.4 Å². The van der Waals surface area contributed by atoms with Gasteiger partial charge in [0.05, 0.1) is 6.61 Å². The van der Waals surface area contributed by atoms with Gasteiger partial charge in [-0.2, -0.15) is 13.2 Å². The van der Waals surface area contributed by atoms with E-state index in [0.717, 1.165) is 0 Å². The largest absolute Gasteiger partial charge is 0.480 e. The molecule has 1 atom stereocenters. The molecule has 0 aliphatic heterocycles. The van der Waals surface area contributed by atoms with Gasteiger partial charge in [0, 0.05) is 23.6 Å². The van der Waals surface area contributed by atoms with E-state index >= 15 is 0 Å². The van der Waals surface area contributed by atoms with E-state index in [-0.39, 0.29) is 18.2 Å². The summed E-state index contributed by atoms with van der Waals surface area (Å²) in [5.41, 5.74) is -0.763. The van der Waals surface area contributed by atoms with Crippen molar-refractivity contribution in [3.63, 3.8) is 0 Å². The third-order valence-electron chi connectivity index (χ3n) is 2.94. The Morgan fingerprint density at radius 3 is 2.32 bits per heavy atom. The summed E-state index contributed by atoms with van der Waals surface area (Å²) < 4.78 is 42.2. The Bertz CT molecular complexity index is 655. The number of nitrogens with one attached hydrogen (secondary N) is 1. The molecule has 0 saturated carbocycles. The highest BCUT2D eigenvalue weighted by Gasteiger charge is 2.31. The Balaban J connectivity index is 3.00. The smallest absolute Gasteiger partial charge is 0.410 e. The van der Waals surface area contributed by atoms with Gasteiger partial charge in [-0.15, -0.1) is 0 Å². The van der Waals surface area contributed by atoms with Crippen molar-refractivity contribution in [2.75, 3.05) is 6.61 Å². The van der Waals surface area contributed by atoms with Crippen molar-refractivity contribution in [2.24, 2.45) is 0 Å². The van der Waals surface area contributed by atoms with Gasteiger partial charge >= 0.3 is 18.1 Å². The lowest BCUT2D eigenvalue weighted by molar-refractivity contribution is -0.140. The Morgan fingerprint density at radius 1 is 1.24 bits per heavy atom. The number of carbonyl (C=O) groups excluding carboxylic acids is 2. The minimum absolute atomic E-state index is 0.131. The normalized spacial score (nSPS) is 13.0. The molecule has 1 rings (SSSR count). The van der Waals surface area contributed by atoms with Gasteiger partial charge < -0.3 is 15.2 Å². The number of alkyl halides is 3. The molecule has 0 bridgehead atoms. The summed E-state index contributed by atoms with van der Waals surface area (Å²) in [6, 6.07) is 5.80. The lowest BCUT2D eigenvalue weighted by Crippen LogP contribution is -2.41. The molecule has 0 aromatic heterocycles. The van der Waals surface area contributed by atoms with Crippen LogP contribution in [0.25, 0.3) is 0 Å². The molecule has 136 valence electrons. The molecule has 0 saturated heterocycles. The third kappa shape index (κ3) is 7.06. The highest BCUT2D eigenvalue weighted by atomic mass is 19.4. The molecule has 1 amide bonds. The summed E-state index contributed by atoms with van der Waals surface area (Å²) in [6.45, 7) is 1.22. The number of esters is 1. The highest BCUT2D eigenvalue weighted by molar-refractivity contribution is 5.97. The predicted molar refractivity (Wildman–Crippen MR) is 80.7 cm³/mol. The van der Waals surface area contributed by atoms with Gasteiger partial charge in [0.25, 0.3) is 5.91 Å². The summed E-state index contributed by atoms with van der Waals surface area (Å²) in [4.78, 5) is 34.9. The monoisotopic (exact) mass is 359 g/mol. The molecular weight excluding hydrogens is 343 g/mol. The van der Waals surface area contributed by atoms with Gasteiger partial charge in [0.15, 0.2) is 0 Å². The maximum atomic E-state index is 12.6. The average molecular weight is 359 g/mol. The SMILES string of the molecule is CCOC(=O)/C(=C\C(F)(F)F)CC(NC(=O)c1ccccc1)C(=O)O. The van der Waals surface area contributed by atoms with Crippen molar-refractivity contribution in [1.29, 1.82) is 0 Å². The number of halogens is 3. The number of carboxylic acids is 1. The zero-order chi connectivity index (χ0) is 19.0. The summed E-state index contributed by atoms with van der Waals surface area (Å²) in [7, 11) is 0. The Morgan fingerprint density at radius 2 is 1.84 bits per heavy atom. The molecule has 2 N–H and O–H groups in total. The zero-order valence-electron chi connectivity index (χ0n) is 13.2. The van der Waals surface area contributed by atoms with E-state index in [4.69, 9.17) is 5.11 Å². The van der Waals surface area contributed by atoms with Crippen LogP contribution in [0, 0.1) is 0 Å². The molecule has 1 aromatic rings. The Hall–Kier alpha value is -2.84. The number of rotatable bonds is 7. The highest BCUT2D eigenvalue weighted by Crippen LogP contribution is 2.22. The van der Waals surface area contributed by atoms with Crippen molar-refractivity contribution in [1.82, 2.24) is 5.32 Å². The molecule has 1 aromatic carbocycles. The van der Waals surface area contributed by atoms with Crippen LogP contribution in [-0.4, -0.2) is 41.8 Å². The van der Waals surface area contributed by atoms with Gasteiger partial charge in [-0.1, -0.05) is 18.2 Å². The number of benzene rings is 1. The average Bonchev–Trinajstić information content (AvgIpc) is 2.53. The topological polar surface area (TPSA) is 92.7 Å². The molecular formula is C16H16F3NO5. The van der Waals surface area contributed by atoms with Crippen molar-refractivity contribution >= 4 is 17.8 Å². The summed E-state index contributed by atoms with van der Waals surface area (Å²) in [5.74, 6) is -3.66. The maximum Gasteiger partial charge on any atom is 0.410 e. The lowest BCUT2D eigenvalue weighted by Gasteiger charge is -2.16. The van der Waals surface area contributed by atoms with Crippen LogP contribution in [0.2, 0.25) is 0 Å². The van der Waals surface area contributed by atoms with Crippen LogP contribution < -0.4 is 5.32 Å². The second-order valence-corrected chi connectivity index (χ2v) is 4.87. The maximum absolute atomic E-state index is 12.6. The minimum Gasteiger partial charge on any atom is -0.480 e. The molecule has 0 spiro atoms. The van der Waals surface area contributed by atoms with E-state index in [1.165, 1.54) is 31.2 Å². The van der Waals surface area contributed by atoms with E-state index < -0.39 is 42.1 Å². The van der Waals surface area contributed by atoms with Crippen LogP contribution >= 0.6 is 0 Å². The fourth-order valence-electron chi connectivity index (χ4n) is 1.87. The number of carboxylic acid groups (broad SMARTS) is 1. The number of ether oxygens (including phenoxy) is 1. The van der Waals surface area contributed by atoms with Crippen LogP contribution in [0.1, 0.15) is 23.7 Å². The molecule has 0 heterocycles. The first-order chi connectivity index (χ1) is 11.6. The predicted octanol–water partition coefficient (Wildman–Crippen LogP) is 2.31. The van der Waals surface area contributed by atoms with Gasteiger partial charge in [0.2, 0.25) is 0 Å². The first kappa shape index (κ1) is 20.2. The van der Waals surface area contributed by atoms with E-state index in [1.54, 1.807) is 6.07 Å². The Kier molecular flexibility index (Phi) is 7.16. The van der Waals surface area contributed by atoms with Gasteiger partial charge in [-0.05, 0) is 19.1 Å². The van der Waals surface area contributed by atoms with Crippen LogP contribution in [0.3, 0.4) is 0 Å². The first-order valence-electron chi connectivity index (χ1n) is 7.18. The molecule has 0 fully saturated rings. The summed E-state index contributed by atoms with van der Waals surface area (Å²) in [6.07, 6.45) is -6.03. The number of hydrogen-bond acceptors (Lipinski definition) is 4. The van der Waals surface area contributed by atoms with Crippen LogP contribution in [0.5, 0.6) is 0 Å². The van der Waals surface area contributed by atoms with Crippen molar-refractivity contribution in [3.8, 4) is 0 Å². The second kappa shape index (κ2) is 8.86. The molecule has 6 nitrogen and oxygen atoms in total. The number of aliphatic carboxylic acids is 1. The van der Waals surface area contributed by atoms with Gasteiger partial charge in [-0.25, -0.2) is 9.59 Å². The zero-order valence-corrected chi connectivity index (χ0v) is 13.2. The lowest BCUT2D eigenvalue weighted by atomic mass is 10.0. The van der Waals surface area contributed by atoms with Crippen molar-refractivity contribution in [2.45, 2.75) is 25.6 Å². The van der Waals surface area contributed by atoms with E-state index in [9.17, 15) is 27.6 Å².